The molecule has 1 N–H and O–H groups in total. The fourth-order valence-electron chi connectivity index (χ4n) is 2.18. The Labute approximate surface area is 105 Å². The van der Waals surface area contributed by atoms with E-state index in [1.807, 2.05) is 31.2 Å². The van der Waals surface area contributed by atoms with Crippen LogP contribution in [-0.2, 0) is 4.79 Å². The van der Waals surface area contributed by atoms with Crippen LogP contribution in [0.5, 0.6) is 0 Å². The van der Waals surface area contributed by atoms with E-state index in [9.17, 15) is 9.90 Å². The van der Waals surface area contributed by atoms with Gasteiger partial charge >= 0.3 is 5.97 Å². The minimum absolute atomic E-state index is 0.436. The standard InChI is InChI=1S/C13H14ClNO2/c1-9(6-14)7-15-8-11(13(16)17)10-4-2-3-5-12(10)15/h2-6,11H,7-8H2,1H3,(H,16,17)/b9-6-. The van der Waals surface area contributed by atoms with Crippen molar-refractivity contribution in [1.82, 2.24) is 0 Å². The van der Waals surface area contributed by atoms with Gasteiger partial charge in [-0.2, -0.15) is 0 Å². The van der Waals surface area contributed by atoms with Crippen molar-refractivity contribution in [2.75, 3.05) is 18.0 Å². The number of carboxylic acid groups (broad SMARTS) is 1. The molecule has 0 aliphatic carbocycles. The van der Waals surface area contributed by atoms with E-state index in [-0.39, 0.29) is 0 Å². The van der Waals surface area contributed by atoms with Crippen molar-refractivity contribution in [3.8, 4) is 0 Å². The molecule has 90 valence electrons. The molecule has 1 atom stereocenters. The second kappa shape index (κ2) is 4.80. The highest BCUT2D eigenvalue weighted by Gasteiger charge is 2.32. The first-order valence-corrected chi connectivity index (χ1v) is 5.89. The summed E-state index contributed by atoms with van der Waals surface area (Å²) in [5.74, 6) is -1.21. The van der Waals surface area contributed by atoms with Crippen LogP contribution in [0, 0.1) is 0 Å². The predicted molar refractivity (Wildman–Crippen MR) is 68.6 cm³/mol. The first-order chi connectivity index (χ1) is 8.13. The average Bonchev–Trinajstić information content (AvgIpc) is 2.68. The van der Waals surface area contributed by atoms with Gasteiger partial charge in [0.05, 0.1) is 0 Å². The molecule has 1 heterocycles. The van der Waals surface area contributed by atoms with E-state index in [4.69, 9.17) is 11.6 Å². The lowest BCUT2D eigenvalue weighted by atomic mass is 10.0. The maximum absolute atomic E-state index is 11.2. The van der Waals surface area contributed by atoms with Crippen molar-refractivity contribution in [1.29, 1.82) is 0 Å². The van der Waals surface area contributed by atoms with Gasteiger partial charge in [0.2, 0.25) is 0 Å². The van der Waals surface area contributed by atoms with Crippen molar-refractivity contribution in [3.05, 3.63) is 40.9 Å². The zero-order valence-electron chi connectivity index (χ0n) is 9.56. The molecule has 3 nitrogen and oxygen atoms in total. The van der Waals surface area contributed by atoms with E-state index in [0.717, 1.165) is 16.8 Å². The maximum atomic E-state index is 11.2. The van der Waals surface area contributed by atoms with Gasteiger partial charge in [-0.05, 0) is 24.1 Å². The molecular weight excluding hydrogens is 238 g/mol. The lowest BCUT2D eigenvalue weighted by Crippen LogP contribution is -2.26. The van der Waals surface area contributed by atoms with Crippen LogP contribution in [0.1, 0.15) is 18.4 Å². The molecule has 0 bridgehead atoms. The van der Waals surface area contributed by atoms with E-state index in [2.05, 4.69) is 4.90 Å². The monoisotopic (exact) mass is 251 g/mol. The maximum Gasteiger partial charge on any atom is 0.312 e. The minimum Gasteiger partial charge on any atom is -0.481 e. The zero-order chi connectivity index (χ0) is 12.4. The minimum atomic E-state index is -0.771. The van der Waals surface area contributed by atoms with Gasteiger partial charge in [-0.3, -0.25) is 4.79 Å². The van der Waals surface area contributed by atoms with Gasteiger partial charge in [0.1, 0.15) is 5.92 Å². The smallest absolute Gasteiger partial charge is 0.312 e. The van der Waals surface area contributed by atoms with Crippen LogP contribution >= 0.6 is 11.6 Å². The Hall–Kier alpha value is -1.48. The fourth-order valence-corrected chi connectivity index (χ4v) is 2.25. The number of hydrogen-bond donors (Lipinski definition) is 1. The molecule has 0 saturated carbocycles. The van der Waals surface area contributed by atoms with Crippen LogP contribution in [0.25, 0.3) is 0 Å². The Balaban J connectivity index is 2.31. The second-order valence-corrected chi connectivity index (χ2v) is 4.50. The number of aliphatic carboxylic acids is 1. The van der Waals surface area contributed by atoms with Crippen molar-refractivity contribution in [2.24, 2.45) is 0 Å². The van der Waals surface area contributed by atoms with Gasteiger partial charge < -0.3 is 10.0 Å². The van der Waals surface area contributed by atoms with Crippen molar-refractivity contribution in [3.63, 3.8) is 0 Å². The van der Waals surface area contributed by atoms with E-state index in [0.29, 0.717) is 13.1 Å². The van der Waals surface area contributed by atoms with Crippen molar-refractivity contribution in [2.45, 2.75) is 12.8 Å². The van der Waals surface area contributed by atoms with Crippen molar-refractivity contribution < 1.29 is 9.90 Å². The SMILES string of the molecule is C/C(=C/Cl)CN1CC(C(=O)O)c2ccccc21. The summed E-state index contributed by atoms with van der Waals surface area (Å²) in [5.41, 5.74) is 4.45. The number of rotatable bonds is 3. The number of carbonyl (C=O) groups is 1. The Kier molecular flexibility index (Phi) is 3.38. The van der Waals surface area contributed by atoms with Crippen LogP contribution in [0.4, 0.5) is 5.69 Å². The van der Waals surface area contributed by atoms with E-state index < -0.39 is 11.9 Å². The zero-order valence-corrected chi connectivity index (χ0v) is 10.3. The predicted octanol–water partition coefficient (Wildman–Crippen LogP) is 2.82. The number of fused-ring (bicyclic) bond motifs is 1. The number of carboxylic acids is 1. The molecule has 0 saturated heterocycles. The number of para-hydroxylation sites is 1. The third-order valence-electron chi connectivity index (χ3n) is 2.98. The van der Waals surface area contributed by atoms with Gasteiger partial charge in [0, 0.05) is 24.3 Å². The summed E-state index contributed by atoms with van der Waals surface area (Å²) in [5, 5.41) is 9.20. The Bertz CT molecular complexity index is 470. The molecule has 1 aromatic rings. The molecule has 1 aromatic carbocycles. The molecular formula is C13H14ClNO2. The first kappa shape index (κ1) is 12.0. The second-order valence-electron chi connectivity index (χ2n) is 4.29. The molecule has 0 amide bonds. The van der Waals surface area contributed by atoms with Crippen LogP contribution in [0.15, 0.2) is 35.4 Å². The topological polar surface area (TPSA) is 40.5 Å². The van der Waals surface area contributed by atoms with Gasteiger partial charge in [-0.25, -0.2) is 0 Å². The van der Waals surface area contributed by atoms with Crippen LogP contribution in [0.3, 0.4) is 0 Å². The summed E-state index contributed by atoms with van der Waals surface area (Å²) in [6.45, 7) is 3.12. The van der Waals surface area contributed by atoms with Crippen LogP contribution in [-0.4, -0.2) is 24.2 Å². The molecule has 0 spiro atoms. The van der Waals surface area contributed by atoms with Crippen molar-refractivity contribution >= 4 is 23.3 Å². The average molecular weight is 252 g/mol. The summed E-state index contributed by atoms with van der Waals surface area (Å²) in [7, 11) is 0. The summed E-state index contributed by atoms with van der Waals surface area (Å²) >= 11 is 5.65. The molecule has 0 radical (unpaired) electrons. The highest BCUT2D eigenvalue weighted by atomic mass is 35.5. The molecule has 1 aliphatic rings. The molecule has 1 aliphatic heterocycles. The largest absolute Gasteiger partial charge is 0.481 e. The molecule has 2 rings (SSSR count). The lowest BCUT2D eigenvalue weighted by Gasteiger charge is -2.19. The third kappa shape index (κ3) is 2.29. The summed E-state index contributed by atoms with van der Waals surface area (Å²) in [6.07, 6.45) is 0. The Morgan fingerprint density at radius 2 is 2.29 bits per heavy atom. The Morgan fingerprint density at radius 3 is 2.94 bits per heavy atom. The van der Waals surface area contributed by atoms with Crippen LogP contribution in [0.2, 0.25) is 0 Å². The number of hydrogen-bond acceptors (Lipinski definition) is 2. The van der Waals surface area contributed by atoms with E-state index in [1.165, 1.54) is 5.54 Å². The number of anilines is 1. The summed E-state index contributed by atoms with van der Waals surface area (Å²) in [4.78, 5) is 13.3. The van der Waals surface area contributed by atoms with Gasteiger partial charge in [-0.1, -0.05) is 29.8 Å². The quantitative estimate of drug-likeness (QED) is 0.898. The summed E-state index contributed by atoms with van der Waals surface area (Å²) < 4.78 is 0. The summed E-state index contributed by atoms with van der Waals surface area (Å²) in [6, 6.07) is 7.64. The first-order valence-electron chi connectivity index (χ1n) is 5.46. The molecule has 4 heteroatoms. The number of halogens is 1. The van der Waals surface area contributed by atoms with Crippen LogP contribution < -0.4 is 4.90 Å². The van der Waals surface area contributed by atoms with E-state index >= 15 is 0 Å². The van der Waals surface area contributed by atoms with E-state index in [1.54, 1.807) is 0 Å². The molecule has 17 heavy (non-hydrogen) atoms. The van der Waals surface area contributed by atoms with Gasteiger partial charge in [-0.15, -0.1) is 0 Å². The molecule has 1 unspecified atom stereocenters. The highest BCUT2D eigenvalue weighted by molar-refractivity contribution is 6.25. The van der Waals surface area contributed by atoms with Gasteiger partial charge in [0.15, 0.2) is 0 Å². The number of nitrogens with zero attached hydrogens (tertiary/aromatic N) is 1. The lowest BCUT2D eigenvalue weighted by molar-refractivity contribution is -0.138. The highest BCUT2D eigenvalue weighted by Crippen LogP contribution is 2.36. The fraction of sp³-hybridized carbons (Fsp3) is 0.308. The number of benzene rings is 1. The van der Waals surface area contributed by atoms with Gasteiger partial charge in [0.25, 0.3) is 0 Å². The molecule has 0 fully saturated rings. The normalized spacial score (nSPS) is 19.3. The Morgan fingerprint density at radius 1 is 1.59 bits per heavy atom. The third-order valence-corrected chi connectivity index (χ3v) is 3.35. The molecule has 0 aromatic heterocycles.